The molecule has 3 rings (SSSR count). The topological polar surface area (TPSA) is 25.8 Å². The Hall–Kier alpha value is -1.52. The Morgan fingerprint density at radius 3 is 1.50 bits per heavy atom. The fourth-order valence-corrected chi connectivity index (χ4v) is 1.52. The van der Waals surface area contributed by atoms with Gasteiger partial charge in [0.2, 0.25) is 0 Å². The zero-order valence-electron chi connectivity index (χ0n) is 8.64. The first-order valence-corrected chi connectivity index (χ1v) is 6.53. The molecular weight excluding hydrogens is 236 g/mol. The standard InChI is InChI=1S/C5H5N.C4H4S.C3H3NS/c1-2-4-6-5-3-1;1-2-4-5-3-1;1-2-5-3-4-1/h1-5H;1-4H;1-3H. The number of pyridine rings is 1. The molecule has 0 N–H and O–H groups in total. The third kappa shape index (κ3) is 7.84. The van der Waals surface area contributed by atoms with Crippen LogP contribution in [0.4, 0.5) is 0 Å². The normalized spacial score (nSPS) is 8.00. The molecule has 2 nitrogen and oxygen atoms in total. The van der Waals surface area contributed by atoms with Gasteiger partial charge in [-0.3, -0.25) is 9.97 Å². The van der Waals surface area contributed by atoms with Crippen LogP contribution in [0.15, 0.2) is 70.6 Å². The Bertz CT molecular complexity index is 308. The van der Waals surface area contributed by atoms with Crippen molar-refractivity contribution in [2.75, 3.05) is 0 Å². The molecule has 4 heteroatoms. The van der Waals surface area contributed by atoms with Crippen LogP contribution in [0, 0.1) is 0 Å². The summed E-state index contributed by atoms with van der Waals surface area (Å²) < 4.78 is 0. The van der Waals surface area contributed by atoms with Crippen LogP contribution in [-0.4, -0.2) is 9.97 Å². The molecule has 0 atom stereocenters. The molecule has 16 heavy (non-hydrogen) atoms. The second-order valence-corrected chi connectivity index (χ2v) is 4.07. The summed E-state index contributed by atoms with van der Waals surface area (Å²) in [7, 11) is 0. The summed E-state index contributed by atoms with van der Waals surface area (Å²) in [6.07, 6.45) is 5.27. The third-order valence-corrected chi connectivity index (χ3v) is 2.49. The van der Waals surface area contributed by atoms with Crippen molar-refractivity contribution < 1.29 is 0 Å². The van der Waals surface area contributed by atoms with Crippen molar-refractivity contribution in [1.82, 2.24) is 9.97 Å². The van der Waals surface area contributed by atoms with Gasteiger partial charge in [-0.1, -0.05) is 18.2 Å². The number of rotatable bonds is 0. The first-order valence-electron chi connectivity index (χ1n) is 4.64. The minimum Gasteiger partial charge on any atom is -0.265 e. The van der Waals surface area contributed by atoms with Gasteiger partial charge in [-0.25, -0.2) is 0 Å². The smallest absolute Gasteiger partial charge is 0.0791 e. The quantitative estimate of drug-likeness (QED) is 0.601. The monoisotopic (exact) mass is 248 g/mol. The van der Waals surface area contributed by atoms with Gasteiger partial charge in [0.05, 0.1) is 5.51 Å². The van der Waals surface area contributed by atoms with Crippen molar-refractivity contribution >= 4 is 22.7 Å². The molecule has 3 aromatic rings. The van der Waals surface area contributed by atoms with Gasteiger partial charge in [-0.15, -0.1) is 11.3 Å². The van der Waals surface area contributed by atoms with Gasteiger partial charge >= 0.3 is 0 Å². The minimum absolute atomic E-state index is 1.60. The fraction of sp³-hybridized carbons (Fsp3) is 0. The average Bonchev–Trinajstić information content (AvgIpc) is 3.10. The molecular formula is C12H12N2S2. The lowest BCUT2D eigenvalue weighted by atomic mass is 10.5. The van der Waals surface area contributed by atoms with Crippen molar-refractivity contribution in [3.8, 4) is 0 Å². The first-order chi connectivity index (χ1) is 8.00. The maximum Gasteiger partial charge on any atom is 0.0791 e. The fourth-order valence-electron chi connectivity index (χ4n) is 0.715. The average molecular weight is 248 g/mol. The molecule has 0 aliphatic heterocycles. The highest BCUT2D eigenvalue weighted by Gasteiger charge is 1.60. The summed E-state index contributed by atoms with van der Waals surface area (Å²) in [5.41, 5.74) is 1.79. The SMILES string of the molecule is c1ccncc1.c1ccsc1.c1cscn1. The van der Waals surface area contributed by atoms with Gasteiger partial charge in [0.25, 0.3) is 0 Å². The first kappa shape index (κ1) is 12.5. The molecule has 0 saturated carbocycles. The van der Waals surface area contributed by atoms with E-state index in [9.17, 15) is 0 Å². The predicted octanol–water partition coefficient (Wildman–Crippen LogP) is 3.97. The lowest BCUT2D eigenvalue weighted by molar-refractivity contribution is 1.33. The van der Waals surface area contributed by atoms with Crippen molar-refractivity contribution in [3.05, 3.63) is 70.6 Å². The molecule has 0 bridgehead atoms. The van der Waals surface area contributed by atoms with Gasteiger partial charge in [0.1, 0.15) is 0 Å². The molecule has 0 spiro atoms. The van der Waals surface area contributed by atoms with E-state index in [1.165, 1.54) is 0 Å². The van der Waals surface area contributed by atoms with Crippen LogP contribution in [-0.2, 0) is 0 Å². The van der Waals surface area contributed by atoms with Crippen molar-refractivity contribution in [2.45, 2.75) is 0 Å². The molecule has 0 aromatic carbocycles. The molecule has 3 heterocycles. The molecule has 0 fully saturated rings. The summed E-state index contributed by atoms with van der Waals surface area (Å²) in [5, 5.41) is 6.01. The second kappa shape index (κ2) is 10.0. The Kier molecular flexibility index (Phi) is 7.85. The highest BCUT2D eigenvalue weighted by atomic mass is 32.1. The summed E-state index contributed by atoms with van der Waals surface area (Å²) in [4.78, 5) is 7.53. The molecule has 0 unspecified atom stereocenters. The summed E-state index contributed by atoms with van der Waals surface area (Å²) >= 11 is 3.31. The summed E-state index contributed by atoms with van der Waals surface area (Å²) in [6, 6.07) is 9.75. The van der Waals surface area contributed by atoms with Gasteiger partial charge < -0.3 is 0 Å². The van der Waals surface area contributed by atoms with E-state index in [-0.39, 0.29) is 0 Å². The predicted molar refractivity (Wildman–Crippen MR) is 70.7 cm³/mol. The van der Waals surface area contributed by atoms with Gasteiger partial charge in [-0.2, -0.15) is 11.3 Å². The maximum absolute atomic E-state index is 3.78. The van der Waals surface area contributed by atoms with Crippen molar-refractivity contribution in [2.24, 2.45) is 0 Å². The van der Waals surface area contributed by atoms with E-state index in [1.54, 1.807) is 46.8 Å². The number of thiazole rings is 1. The van der Waals surface area contributed by atoms with Crippen LogP contribution in [0.1, 0.15) is 0 Å². The van der Waals surface area contributed by atoms with Crippen LogP contribution in [0.25, 0.3) is 0 Å². The number of hydrogen-bond acceptors (Lipinski definition) is 4. The lowest BCUT2D eigenvalue weighted by Gasteiger charge is -1.70. The molecule has 82 valence electrons. The Balaban J connectivity index is 0.000000121. The summed E-state index contributed by atoms with van der Waals surface area (Å²) in [6.45, 7) is 0. The Morgan fingerprint density at radius 1 is 0.562 bits per heavy atom. The van der Waals surface area contributed by atoms with Gasteiger partial charge in [0, 0.05) is 24.0 Å². The number of hydrogen-bond donors (Lipinski definition) is 0. The minimum atomic E-state index is 1.60. The van der Waals surface area contributed by atoms with E-state index in [4.69, 9.17) is 0 Å². The third-order valence-electron chi connectivity index (χ3n) is 1.34. The number of nitrogens with zero attached hydrogens (tertiary/aromatic N) is 2. The largest absolute Gasteiger partial charge is 0.265 e. The van der Waals surface area contributed by atoms with Gasteiger partial charge in [0.15, 0.2) is 0 Å². The van der Waals surface area contributed by atoms with E-state index in [0.29, 0.717) is 0 Å². The molecule has 0 saturated heterocycles. The second-order valence-electron chi connectivity index (χ2n) is 2.49. The molecule has 0 aliphatic carbocycles. The van der Waals surface area contributed by atoms with Crippen LogP contribution in [0.2, 0.25) is 0 Å². The number of thiophene rings is 1. The zero-order chi connectivity index (χ0) is 11.3. The number of aromatic nitrogens is 2. The Morgan fingerprint density at radius 2 is 1.31 bits per heavy atom. The molecule has 0 radical (unpaired) electrons. The van der Waals surface area contributed by atoms with Crippen molar-refractivity contribution in [1.29, 1.82) is 0 Å². The van der Waals surface area contributed by atoms with Crippen LogP contribution in [0.3, 0.4) is 0 Å². The highest BCUT2D eigenvalue weighted by Crippen LogP contribution is 1.91. The van der Waals surface area contributed by atoms with E-state index in [2.05, 4.69) is 9.97 Å². The Labute approximate surface area is 103 Å². The molecule has 0 amide bonds. The van der Waals surface area contributed by atoms with E-state index in [0.717, 1.165) is 0 Å². The summed E-state index contributed by atoms with van der Waals surface area (Å²) in [5.74, 6) is 0. The van der Waals surface area contributed by atoms with Crippen LogP contribution >= 0.6 is 22.7 Å². The lowest BCUT2D eigenvalue weighted by Crippen LogP contribution is -1.58. The van der Waals surface area contributed by atoms with E-state index in [1.807, 2.05) is 46.5 Å². The zero-order valence-corrected chi connectivity index (χ0v) is 10.3. The van der Waals surface area contributed by atoms with E-state index >= 15 is 0 Å². The van der Waals surface area contributed by atoms with Crippen molar-refractivity contribution in [3.63, 3.8) is 0 Å². The highest BCUT2D eigenvalue weighted by molar-refractivity contribution is 7.07. The van der Waals surface area contributed by atoms with Crippen LogP contribution in [0.5, 0.6) is 0 Å². The van der Waals surface area contributed by atoms with E-state index < -0.39 is 0 Å². The maximum atomic E-state index is 3.78. The molecule has 0 aliphatic rings. The van der Waals surface area contributed by atoms with Gasteiger partial charge in [-0.05, 0) is 22.9 Å². The molecule has 3 aromatic heterocycles. The van der Waals surface area contributed by atoms with Crippen LogP contribution < -0.4 is 0 Å².